The summed E-state index contributed by atoms with van der Waals surface area (Å²) in [5.74, 6) is -1.13. The molecule has 1 unspecified atom stereocenters. The van der Waals surface area contributed by atoms with Gasteiger partial charge in [0.2, 0.25) is 5.28 Å². The van der Waals surface area contributed by atoms with Crippen LogP contribution in [0.25, 0.3) is 32.1 Å². The van der Waals surface area contributed by atoms with Crippen LogP contribution in [0, 0.1) is 23.0 Å². The molecule has 6 heterocycles. The highest BCUT2D eigenvalue weighted by molar-refractivity contribution is 7.23. The molecular formula is C35H33Cl2F3N10O2S. The number of nitriles is 1. The zero-order chi connectivity index (χ0) is 37.6. The lowest BCUT2D eigenvalue weighted by molar-refractivity contribution is 0.107. The predicted octanol–water partition coefficient (Wildman–Crippen LogP) is 7.05. The van der Waals surface area contributed by atoms with Crippen LogP contribution in [0.4, 0.5) is 28.8 Å². The highest BCUT2D eigenvalue weighted by Crippen LogP contribution is 2.47. The zero-order valence-corrected chi connectivity index (χ0v) is 31.2. The average Bonchev–Trinajstić information content (AvgIpc) is 3.92. The number of nitrogens with two attached hydrogens (primary N) is 1. The number of hydrogen-bond donors (Lipinski definition) is 1. The molecule has 3 saturated heterocycles. The summed E-state index contributed by atoms with van der Waals surface area (Å²) in [5.41, 5.74) is 4.74. The molecule has 2 N–H and O–H groups in total. The van der Waals surface area contributed by atoms with Crippen molar-refractivity contribution in [2.45, 2.75) is 62.8 Å². The van der Waals surface area contributed by atoms with E-state index in [1.165, 1.54) is 18.5 Å². The van der Waals surface area contributed by atoms with Crippen LogP contribution in [-0.2, 0) is 0 Å². The first-order chi connectivity index (χ1) is 25.2. The van der Waals surface area contributed by atoms with Crippen LogP contribution in [-0.4, -0.2) is 97.1 Å². The molecule has 3 aliphatic heterocycles. The highest BCUT2D eigenvalue weighted by atomic mass is 35.5. The van der Waals surface area contributed by atoms with E-state index in [0.29, 0.717) is 31.7 Å². The first kappa shape index (κ1) is 35.6. The Morgan fingerprint density at radius 3 is 2.77 bits per heavy atom. The minimum absolute atomic E-state index is 0.0160. The molecule has 0 radical (unpaired) electrons. The Hall–Kier alpha value is -4.43. The Balaban J connectivity index is 1.27. The van der Waals surface area contributed by atoms with Crippen LogP contribution in [0.5, 0.6) is 6.01 Å². The maximum atomic E-state index is 17.2. The molecule has 3 aromatic heterocycles. The van der Waals surface area contributed by atoms with Gasteiger partial charge in [0, 0.05) is 42.9 Å². The lowest BCUT2D eigenvalue weighted by atomic mass is 9.94. The van der Waals surface area contributed by atoms with E-state index in [2.05, 4.69) is 20.0 Å². The number of benzene rings is 2. The van der Waals surface area contributed by atoms with Crippen LogP contribution in [0.1, 0.15) is 45.1 Å². The molecule has 276 valence electrons. The van der Waals surface area contributed by atoms with Crippen molar-refractivity contribution >= 4 is 72.4 Å². The summed E-state index contributed by atoms with van der Waals surface area (Å²) in [6.45, 7) is 5.47. The summed E-state index contributed by atoms with van der Waals surface area (Å²) in [6, 6.07) is 5.17. The number of likely N-dealkylation sites (N-methyl/N-ethyl adjacent to an activating group) is 1. The van der Waals surface area contributed by atoms with E-state index in [0.717, 1.165) is 35.4 Å². The summed E-state index contributed by atoms with van der Waals surface area (Å²) < 4.78 is 54.3. The number of fused-ring (bicyclic) bond motifs is 3. The number of hydrogen-bond acceptors (Lipinski definition) is 11. The molecule has 5 aromatic rings. The molecule has 12 nitrogen and oxygen atoms in total. The van der Waals surface area contributed by atoms with Crippen molar-refractivity contribution in [1.29, 1.82) is 5.26 Å². The Bertz CT molecular complexity index is 2370. The molecule has 0 bridgehead atoms. The van der Waals surface area contributed by atoms with Crippen LogP contribution >= 0.6 is 34.5 Å². The predicted molar refractivity (Wildman–Crippen MR) is 196 cm³/mol. The van der Waals surface area contributed by atoms with E-state index >= 15 is 4.39 Å². The second-order valence-corrected chi connectivity index (χ2v) is 16.1. The SMILES string of the molecule is CN(C(=O)n1cnc(Cl)n1)C1CCN(c2nc(OC[C@@]34CCCN3C[C@H](F)C4)nc3c(F)c(-c4ccc(F)c5sc(N)c(C#N)c45)c(Cl)cc23)C1(C)C. The molecule has 0 saturated carbocycles. The largest absolute Gasteiger partial charge is 0.461 e. The first-order valence-electron chi connectivity index (χ1n) is 17.0. The third kappa shape index (κ3) is 5.62. The number of carbonyl (C=O) groups is 1. The molecule has 1 amide bonds. The standard InChI is InChI=1S/C35H33Cl2F3N10O2S/c1-34(2)23(47(3)33(51)50-16-43-31(37)46-50)7-10-49(34)30-19-11-21(36)25(18-5-6-22(39)28-24(18)20(13-41)29(42)53-28)26(40)27(19)44-32(45-30)52-15-35-8-4-9-48(35)14-17(38)12-35/h5-6,11,16-17,23H,4,7-10,12,14-15,42H2,1-3H3/t17-,23?,35+/m1/s1. The Morgan fingerprint density at radius 2 is 2.04 bits per heavy atom. The van der Waals surface area contributed by atoms with Crippen LogP contribution in [0.15, 0.2) is 24.5 Å². The molecule has 0 spiro atoms. The normalized spacial score (nSPS) is 22.5. The molecule has 0 aliphatic carbocycles. The lowest BCUT2D eigenvalue weighted by Gasteiger charge is -2.40. The monoisotopic (exact) mass is 784 g/mol. The van der Waals surface area contributed by atoms with E-state index in [-0.39, 0.29) is 71.6 Å². The molecule has 53 heavy (non-hydrogen) atoms. The van der Waals surface area contributed by atoms with Gasteiger partial charge in [0.25, 0.3) is 0 Å². The number of aromatic nitrogens is 5. The van der Waals surface area contributed by atoms with Gasteiger partial charge in [-0.15, -0.1) is 16.4 Å². The summed E-state index contributed by atoms with van der Waals surface area (Å²) in [6.07, 6.45) is 2.72. The van der Waals surface area contributed by atoms with Gasteiger partial charge in [-0.25, -0.2) is 22.9 Å². The number of anilines is 2. The van der Waals surface area contributed by atoms with Crippen LogP contribution < -0.4 is 15.4 Å². The van der Waals surface area contributed by atoms with Crippen molar-refractivity contribution in [3.05, 3.63) is 52.0 Å². The zero-order valence-electron chi connectivity index (χ0n) is 28.8. The Kier molecular flexibility index (Phi) is 8.64. The minimum atomic E-state index is -0.985. The molecule has 3 fully saturated rings. The van der Waals surface area contributed by atoms with Gasteiger partial charge in [-0.2, -0.15) is 19.9 Å². The molecule has 2 aromatic carbocycles. The summed E-state index contributed by atoms with van der Waals surface area (Å²) >= 11 is 13.7. The van der Waals surface area contributed by atoms with Crippen molar-refractivity contribution in [3.8, 4) is 23.2 Å². The number of thiophene rings is 1. The Morgan fingerprint density at radius 1 is 1.25 bits per heavy atom. The number of ether oxygens (including phenoxy) is 1. The summed E-state index contributed by atoms with van der Waals surface area (Å²) in [5, 5.41) is 14.3. The van der Waals surface area contributed by atoms with Crippen molar-refractivity contribution < 1.29 is 22.7 Å². The summed E-state index contributed by atoms with van der Waals surface area (Å²) in [4.78, 5) is 32.3. The highest BCUT2D eigenvalue weighted by Gasteiger charge is 2.50. The summed E-state index contributed by atoms with van der Waals surface area (Å²) in [7, 11) is 1.66. The van der Waals surface area contributed by atoms with E-state index in [4.69, 9.17) is 38.7 Å². The number of halogens is 5. The molecule has 3 aliphatic rings. The number of rotatable bonds is 6. The van der Waals surface area contributed by atoms with Crippen molar-refractivity contribution in [1.82, 2.24) is 34.5 Å². The second kappa shape index (κ2) is 12.9. The maximum Gasteiger partial charge on any atom is 0.346 e. The van der Waals surface area contributed by atoms with Crippen LogP contribution in [0.2, 0.25) is 10.3 Å². The fourth-order valence-corrected chi connectivity index (χ4v) is 9.95. The Labute approximate surface area is 315 Å². The lowest BCUT2D eigenvalue weighted by Crippen LogP contribution is -2.54. The van der Waals surface area contributed by atoms with Gasteiger partial charge >= 0.3 is 12.0 Å². The third-order valence-corrected chi connectivity index (χ3v) is 12.6. The van der Waals surface area contributed by atoms with Gasteiger partial charge in [0.1, 0.15) is 47.3 Å². The van der Waals surface area contributed by atoms with Gasteiger partial charge in [0.15, 0.2) is 5.82 Å². The van der Waals surface area contributed by atoms with Gasteiger partial charge in [-0.1, -0.05) is 17.7 Å². The molecule has 8 rings (SSSR count). The van der Waals surface area contributed by atoms with Crippen LogP contribution in [0.3, 0.4) is 0 Å². The molecular weight excluding hydrogens is 752 g/mol. The second-order valence-electron chi connectivity index (χ2n) is 14.4. The topological polar surface area (TPSA) is 142 Å². The first-order valence-corrected chi connectivity index (χ1v) is 18.6. The smallest absolute Gasteiger partial charge is 0.346 e. The van der Waals surface area contributed by atoms with Crippen molar-refractivity contribution in [2.24, 2.45) is 0 Å². The maximum absolute atomic E-state index is 17.2. The van der Waals surface area contributed by atoms with E-state index in [1.807, 2.05) is 24.8 Å². The minimum Gasteiger partial charge on any atom is -0.461 e. The van der Waals surface area contributed by atoms with Crippen molar-refractivity contribution in [3.63, 3.8) is 0 Å². The quantitative estimate of drug-likeness (QED) is 0.190. The number of amides is 1. The van der Waals surface area contributed by atoms with Gasteiger partial charge in [-0.05, 0) is 69.0 Å². The number of alkyl halides is 1. The average molecular weight is 786 g/mol. The van der Waals surface area contributed by atoms with Gasteiger partial charge in [0.05, 0.1) is 32.4 Å². The van der Waals surface area contributed by atoms with E-state index < -0.39 is 34.9 Å². The van der Waals surface area contributed by atoms with Gasteiger partial charge < -0.3 is 20.3 Å². The van der Waals surface area contributed by atoms with Crippen molar-refractivity contribution in [2.75, 3.05) is 43.9 Å². The van der Waals surface area contributed by atoms with Gasteiger partial charge in [-0.3, -0.25) is 4.90 Å². The number of carbonyl (C=O) groups excluding carboxylic acids is 1. The van der Waals surface area contributed by atoms with E-state index in [1.54, 1.807) is 18.0 Å². The number of nitrogens with zero attached hydrogens (tertiary/aromatic N) is 9. The third-order valence-electron chi connectivity index (χ3n) is 11.1. The number of nitrogen functional groups attached to an aromatic ring is 1. The fourth-order valence-electron chi connectivity index (χ4n) is 8.58. The fraction of sp³-hybridized carbons (Fsp3) is 0.429. The molecule has 18 heteroatoms. The molecule has 3 atom stereocenters. The van der Waals surface area contributed by atoms with E-state index in [9.17, 15) is 18.8 Å².